The van der Waals surface area contributed by atoms with Crippen molar-refractivity contribution in [3.05, 3.63) is 237 Å². The molecular weight excluding hydrogens is 872 g/mol. The van der Waals surface area contributed by atoms with Crippen LogP contribution in [0.25, 0.3) is 66.8 Å². The second-order valence-electron chi connectivity index (χ2n) is 13.2. The second-order valence-corrected chi connectivity index (χ2v) is 13.2. The van der Waals surface area contributed by atoms with E-state index in [0.29, 0.717) is 0 Å². The molecule has 0 N–H and O–H groups in total. The topological polar surface area (TPSA) is 69.2 Å². The summed E-state index contributed by atoms with van der Waals surface area (Å²) in [7, 11) is 0. The largest absolute Gasteiger partial charge is 3.00 e. The van der Waals surface area contributed by atoms with Crippen molar-refractivity contribution in [1.82, 2.24) is 0 Å². The molecule has 0 radical (unpaired) electrons. The smallest absolute Gasteiger partial charge is 0.872 e. The summed E-state index contributed by atoms with van der Waals surface area (Å²) in [5.41, 5.74) is 10.3. The van der Waals surface area contributed by atoms with Gasteiger partial charge in [0.2, 0.25) is 0 Å². The predicted molar refractivity (Wildman–Crippen MR) is 230 cm³/mol. The maximum atomic E-state index is 12.6. The van der Waals surface area contributed by atoms with Crippen LogP contribution in [0.4, 0.5) is 0 Å². The van der Waals surface area contributed by atoms with E-state index in [4.69, 9.17) is 0 Å². The maximum Gasteiger partial charge on any atom is 3.00 e. The van der Waals surface area contributed by atoms with E-state index in [2.05, 4.69) is 0 Å². The van der Waals surface area contributed by atoms with Crippen LogP contribution in [0.3, 0.4) is 0 Å². The van der Waals surface area contributed by atoms with Crippen molar-refractivity contribution in [1.29, 1.82) is 0 Å². The number of para-hydroxylation sites is 3. The monoisotopic (exact) mass is 910 g/mol. The maximum absolute atomic E-state index is 12.6. The van der Waals surface area contributed by atoms with Crippen molar-refractivity contribution in [3.8, 4) is 84.0 Å². The van der Waals surface area contributed by atoms with Crippen molar-refractivity contribution in [2.24, 2.45) is 0 Å². The molecule has 0 atom stereocenters. The predicted octanol–water partition coefficient (Wildman–Crippen LogP) is 12.3. The Hall–Kier alpha value is -6.39. The van der Waals surface area contributed by atoms with Crippen LogP contribution in [0.15, 0.2) is 237 Å². The second kappa shape index (κ2) is 20.7. The Labute approximate surface area is 370 Å². The summed E-state index contributed by atoms with van der Waals surface area (Å²) in [5.74, 6) is 0.250. The van der Waals surface area contributed by atoms with E-state index in [-0.39, 0.29) is 54.1 Å². The van der Waals surface area contributed by atoms with Gasteiger partial charge < -0.3 is 15.3 Å². The van der Waals surface area contributed by atoms with Gasteiger partial charge in [-0.2, -0.15) is 0 Å². The van der Waals surface area contributed by atoms with Crippen molar-refractivity contribution >= 4 is 0 Å². The number of benzene rings is 9. The first kappa shape index (κ1) is 41.3. The molecule has 0 spiro atoms. The Morgan fingerprint density at radius 3 is 0.448 bits per heavy atom. The molecule has 9 aromatic rings. The fourth-order valence-electron chi connectivity index (χ4n) is 6.68. The molecule has 4 heteroatoms. The van der Waals surface area contributed by atoms with E-state index < -0.39 is 0 Å². The molecular formula is C54H39LuO3. The summed E-state index contributed by atoms with van der Waals surface area (Å²) in [6.07, 6.45) is 0. The third-order valence-electron chi connectivity index (χ3n) is 9.55. The van der Waals surface area contributed by atoms with Crippen LogP contribution in [0.1, 0.15) is 0 Å². The SMILES string of the molecule is [Lu+3].[O-]c1c(-c2ccccc2)cccc1-c1ccccc1.[O-]c1c(-c2ccccc2)cccc1-c1ccccc1.[O-]c1c(-c2ccccc2)cccc1-c1ccccc1. The molecule has 0 amide bonds. The van der Waals surface area contributed by atoms with Gasteiger partial charge in [0.1, 0.15) is 0 Å². The fourth-order valence-corrected chi connectivity index (χ4v) is 6.68. The van der Waals surface area contributed by atoms with Crippen LogP contribution in [0.2, 0.25) is 0 Å². The molecule has 9 aromatic carbocycles. The minimum absolute atomic E-state index is 0. The van der Waals surface area contributed by atoms with Gasteiger partial charge in [-0.3, -0.25) is 0 Å². The summed E-state index contributed by atoms with van der Waals surface area (Å²) in [4.78, 5) is 0. The normalized spacial score (nSPS) is 10.1. The Morgan fingerprint density at radius 1 is 0.172 bits per heavy atom. The summed E-state index contributed by atoms with van der Waals surface area (Å²) in [5, 5.41) is 37.7. The van der Waals surface area contributed by atoms with E-state index >= 15 is 0 Å². The molecule has 0 aliphatic rings. The molecule has 288 valence electrons. The molecule has 0 bridgehead atoms. The number of rotatable bonds is 6. The Bertz CT molecular complexity index is 2150. The Morgan fingerprint density at radius 2 is 0.310 bits per heavy atom. The van der Waals surface area contributed by atoms with Gasteiger partial charge in [0, 0.05) is 0 Å². The van der Waals surface area contributed by atoms with Gasteiger partial charge in [0.05, 0.1) is 0 Å². The van der Waals surface area contributed by atoms with E-state index in [0.717, 1.165) is 66.8 Å². The molecule has 0 unspecified atom stereocenters. The standard InChI is InChI=1S/3C18H14O.Lu/c3*19-18-16(14-8-3-1-4-9-14)12-7-13-17(18)15-10-5-2-6-11-15;/h3*1-13,19H;/q;;;+3/p-3. The van der Waals surface area contributed by atoms with Crippen LogP contribution in [-0.2, 0) is 0 Å². The van der Waals surface area contributed by atoms with Gasteiger partial charge in [-0.15, -0.1) is 0 Å². The quantitative estimate of drug-likeness (QED) is 0.167. The molecule has 0 aliphatic heterocycles. The first-order valence-electron chi connectivity index (χ1n) is 18.8. The van der Waals surface area contributed by atoms with Crippen molar-refractivity contribution in [2.75, 3.05) is 0 Å². The third kappa shape index (κ3) is 10.1. The zero-order valence-corrected chi connectivity index (χ0v) is 33.2. The molecule has 58 heavy (non-hydrogen) atoms. The molecule has 0 heterocycles. The van der Waals surface area contributed by atoms with Crippen molar-refractivity contribution in [3.63, 3.8) is 0 Å². The first-order valence-corrected chi connectivity index (χ1v) is 18.8. The summed E-state index contributed by atoms with van der Waals surface area (Å²) < 4.78 is 0. The summed E-state index contributed by atoms with van der Waals surface area (Å²) in [6, 6.07) is 75.8. The zero-order chi connectivity index (χ0) is 39.2. The molecule has 0 aliphatic carbocycles. The Balaban J connectivity index is 0.000000145. The van der Waals surface area contributed by atoms with Crippen LogP contribution in [-0.4, -0.2) is 0 Å². The fraction of sp³-hybridized carbons (Fsp3) is 0. The average molecular weight is 911 g/mol. The van der Waals surface area contributed by atoms with E-state index in [1.807, 2.05) is 237 Å². The van der Waals surface area contributed by atoms with Gasteiger partial charge in [0.15, 0.2) is 0 Å². The number of hydrogen-bond acceptors (Lipinski definition) is 3. The van der Waals surface area contributed by atoms with E-state index in [1.165, 1.54) is 0 Å². The minimum Gasteiger partial charge on any atom is -0.872 e. The summed E-state index contributed by atoms with van der Waals surface area (Å²) in [6.45, 7) is 0. The van der Waals surface area contributed by atoms with Crippen LogP contribution in [0.5, 0.6) is 17.2 Å². The molecule has 0 aromatic heterocycles. The number of hydrogen-bond donors (Lipinski definition) is 0. The van der Waals surface area contributed by atoms with Gasteiger partial charge in [0.25, 0.3) is 0 Å². The van der Waals surface area contributed by atoms with Crippen molar-refractivity contribution in [2.45, 2.75) is 0 Å². The summed E-state index contributed by atoms with van der Waals surface area (Å²) >= 11 is 0. The van der Waals surface area contributed by atoms with Crippen LogP contribution < -0.4 is 15.3 Å². The molecule has 3 nitrogen and oxygen atoms in total. The van der Waals surface area contributed by atoms with Gasteiger partial charge in [-0.05, 0) is 66.8 Å². The molecule has 9 rings (SSSR count). The molecule has 0 saturated carbocycles. The zero-order valence-electron chi connectivity index (χ0n) is 31.5. The minimum atomic E-state index is 0. The van der Waals surface area contributed by atoms with Gasteiger partial charge in [-0.25, -0.2) is 0 Å². The van der Waals surface area contributed by atoms with Crippen LogP contribution in [0, 0.1) is 36.9 Å². The van der Waals surface area contributed by atoms with Crippen LogP contribution >= 0.6 is 0 Å². The van der Waals surface area contributed by atoms with E-state index in [1.54, 1.807) is 0 Å². The molecule has 0 saturated heterocycles. The third-order valence-corrected chi connectivity index (χ3v) is 9.55. The van der Waals surface area contributed by atoms with Gasteiger partial charge >= 0.3 is 36.9 Å². The van der Waals surface area contributed by atoms with Gasteiger partial charge in [-0.1, -0.05) is 254 Å². The average Bonchev–Trinajstić information content (AvgIpc) is 3.29. The Kier molecular flexibility index (Phi) is 14.7. The van der Waals surface area contributed by atoms with Crippen molar-refractivity contribution < 1.29 is 52.2 Å². The molecule has 0 fully saturated rings. The first-order chi connectivity index (χ1) is 28.1. The van der Waals surface area contributed by atoms with E-state index in [9.17, 15) is 15.3 Å².